The van der Waals surface area contributed by atoms with Gasteiger partial charge in [-0.25, -0.2) is 4.39 Å². The molecule has 1 aliphatic rings. The second-order valence-corrected chi connectivity index (χ2v) is 8.51. The number of carbonyl (C=O) groups is 1. The molecule has 0 saturated carbocycles. The molecule has 1 atom stereocenters. The average Bonchev–Trinajstić information content (AvgIpc) is 2.90. The third-order valence-corrected chi connectivity index (χ3v) is 6.30. The number of benzene rings is 3. The summed E-state index contributed by atoms with van der Waals surface area (Å²) in [6.45, 7) is 4.27. The molecule has 0 spiro atoms. The lowest BCUT2D eigenvalue weighted by Crippen LogP contribution is -2.36. The molecular formula is C27H26ClFN2O. The number of amides is 1. The highest BCUT2D eigenvalue weighted by Crippen LogP contribution is 2.31. The molecule has 1 amide bonds. The van der Waals surface area contributed by atoms with Crippen LogP contribution in [0.25, 0.3) is 0 Å². The van der Waals surface area contributed by atoms with Gasteiger partial charge in [0.05, 0.1) is 11.4 Å². The molecule has 3 nitrogen and oxygen atoms in total. The van der Waals surface area contributed by atoms with Gasteiger partial charge in [0.2, 0.25) is 0 Å². The van der Waals surface area contributed by atoms with E-state index in [-0.39, 0.29) is 11.7 Å². The maximum Gasteiger partial charge on any atom is 0.251 e. The molecule has 164 valence electrons. The Morgan fingerprint density at radius 2 is 1.72 bits per heavy atom. The summed E-state index contributed by atoms with van der Waals surface area (Å²) in [7, 11) is 1.77. The Balaban J connectivity index is 1.84. The first-order valence-corrected chi connectivity index (χ1v) is 11.3. The van der Waals surface area contributed by atoms with Gasteiger partial charge in [0.1, 0.15) is 11.9 Å². The van der Waals surface area contributed by atoms with Crippen LogP contribution in [0.1, 0.15) is 41.7 Å². The number of nitrogens with zero attached hydrogens (tertiary/aromatic N) is 2. The number of hydrogen-bond donors (Lipinski definition) is 0. The van der Waals surface area contributed by atoms with E-state index in [1.807, 2.05) is 12.1 Å². The predicted molar refractivity (Wildman–Crippen MR) is 130 cm³/mol. The van der Waals surface area contributed by atoms with Crippen molar-refractivity contribution < 1.29 is 9.18 Å². The van der Waals surface area contributed by atoms with Crippen molar-refractivity contribution in [2.75, 3.05) is 11.9 Å². The first kappa shape index (κ1) is 22.2. The van der Waals surface area contributed by atoms with Crippen LogP contribution in [0.3, 0.4) is 0 Å². The average molecular weight is 449 g/mol. The molecule has 0 bridgehead atoms. The van der Waals surface area contributed by atoms with Gasteiger partial charge in [-0.2, -0.15) is 0 Å². The number of aryl methyl sites for hydroxylation is 2. The monoisotopic (exact) mass is 448 g/mol. The summed E-state index contributed by atoms with van der Waals surface area (Å²) < 4.78 is 13.6. The van der Waals surface area contributed by atoms with Crippen LogP contribution in [0, 0.1) is 5.82 Å². The smallest absolute Gasteiger partial charge is 0.251 e. The molecule has 0 N–H and O–H groups in total. The molecule has 3 aromatic rings. The van der Waals surface area contributed by atoms with Gasteiger partial charge in [-0.1, -0.05) is 43.6 Å². The first-order chi connectivity index (χ1) is 15.4. The van der Waals surface area contributed by atoms with E-state index < -0.39 is 6.04 Å². The summed E-state index contributed by atoms with van der Waals surface area (Å²) in [6, 6.07) is 17.5. The number of aliphatic imine (C=N–C) groups is 1. The summed E-state index contributed by atoms with van der Waals surface area (Å²) >= 11 is 6.31. The van der Waals surface area contributed by atoms with Crippen LogP contribution in [-0.4, -0.2) is 24.7 Å². The van der Waals surface area contributed by atoms with Crippen molar-refractivity contribution in [3.05, 3.63) is 99.3 Å². The second kappa shape index (κ2) is 9.25. The number of fused-ring (bicyclic) bond motifs is 1. The summed E-state index contributed by atoms with van der Waals surface area (Å²) in [4.78, 5) is 20.1. The Morgan fingerprint density at radius 3 is 2.41 bits per heavy atom. The normalized spacial score (nSPS) is 15.9. The minimum absolute atomic E-state index is 0.0766. The molecule has 0 radical (unpaired) electrons. The number of rotatable bonds is 5. The van der Waals surface area contributed by atoms with Gasteiger partial charge in [-0.3, -0.25) is 9.79 Å². The molecule has 0 aromatic heterocycles. The highest BCUT2D eigenvalue weighted by molar-refractivity contribution is 6.32. The lowest BCUT2D eigenvalue weighted by molar-refractivity contribution is -0.119. The Bertz CT molecular complexity index is 1190. The molecular weight excluding hydrogens is 423 g/mol. The minimum atomic E-state index is -0.594. The van der Waals surface area contributed by atoms with Crippen molar-refractivity contribution in [3.8, 4) is 0 Å². The van der Waals surface area contributed by atoms with Crippen molar-refractivity contribution in [1.29, 1.82) is 0 Å². The number of anilines is 1. The number of hydrogen-bond acceptors (Lipinski definition) is 2. The van der Waals surface area contributed by atoms with Gasteiger partial charge >= 0.3 is 0 Å². The SMILES string of the molecule is CCc1ccc(CC2N=C(c3ccc(F)cc3)c3cc(Cl)ccc3N(C)C2=O)c(CC)c1. The van der Waals surface area contributed by atoms with Gasteiger partial charge in [-0.15, -0.1) is 0 Å². The molecule has 3 aromatic carbocycles. The minimum Gasteiger partial charge on any atom is -0.313 e. The highest BCUT2D eigenvalue weighted by atomic mass is 35.5. The maximum atomic E-state index is 13.6. The first-order valence-electron chi connectivity index (χ1n) is 10.9. The van der Waals surface area contributed by atoms with Crippen molar-refractivity contribution in [3.63, 3.8) is 0 Å². The fraction of sp³-hybridized carbons (Fsp3) is 0.259. The molecule has 0 saturated heterocycles. The lowest BCUT2D eigenvalue weighted by Gasteiger charge is -2.21. The number of likely N-dealkylation sites (N-methyl/N-ethyl adjacent to an activating group) is 1. The van der Waals surface area contributed by atoms with Gasteiger partial charge in [0.15, 0.2) is 0 Å². The predicted octanol–water partition coefficient (Wildman–Crippen LogP) is 6.03. The van der Waals surface area contributed by atoms with Crippen LogP contribution >= 0.6 is 11.6 Å². The quantitative estimate of drug-likeness (QED) is 0.469. The lowest BCUT2D eigenvalue weighted by atomic mass is 9.95. The third-order valence-electron chi connectivity index (χ3n) is 6.07. The molecule has 1 unspecified atom stereocenters. The largest absolute Gasteiger partial charge is 0.313 e. The van der Waals surface area contributed by atoms with Crippen LogP contribution in [0.2, 0.25) is 5.02 Å². The second-order valence-electron chi connectivity index (χ2n) is 8.07. The summed E-state index contributed by atoms with van der Waals surface area (Å²) in [5.41, 5.74) is 6.55. The summed E-state index contributed by atoms with van der Waals surface area (Å²) in [6.07, 6.45) is 2.37. The van der Waals surface area contributed by atoms with Crippen LogP contribution in [0.4, 0.5) is 10.1 Å². The van der Waals surface area contributed by atoms with E-state index in [1.165, 1.54) is 23.3 Å². The van der Waals surface area contributed by atoms with E-state index in [4.69, 9.17) is 16.6 Å². The van der Waals surface area contributed by atoms with Crippen molar-refractivity contribution in [2.24, 2.45) is 4.99 Å². The molecule has 4 rings (SSSR count). The number of benzodiazepines with no additional fused rings is 1. The zero-order valence-electron chi connectivity index (χ0n) is 18.5. The Labute approximate surface area is 193 Å². The van der Waals surface area contributed by atoms with Gasteiger partial charge < -0.3 is 4.90 Å². The fourth-order valence-electron chi connectivity index (χ4n) is 4.22. The number of halogens is 2. The zero-order valence-corrected chi connectivity index (χ0v) is 19.3. The van der Waals surface area contributed by atoms with Gasteiger partial charge in [0.25, 0.3) is 5.91 Å². The van der Waals surface area contributed by atoms with E-state index in [0.29, 0.717) is 17.2 Å². The molecule has 0 aliphatic carbocycles. The molecule has 0 fully saturated rings. The van der Waals surface area contributed by atoms with E-state index in [9.17, 15) is 9.18 Å². The van der Waals surface area contributed by atoms with Gasteiger partial charge in [0, 0.05) is 29.6 Å². The molecule has 32 heavy (non-hydrogen) atoms. The standard InChI is InChI=1S/C27H26ClFN2O/c1-4-17-6-7-20(18(5-2)14-17)15-24-27(32)31(3)25-13-10-21(28)16-23(25)26(30-24)19-8-11-22(29)12-9-19/h6-14,16,24H,4-5,15H2,1-3H3. The fourth-order valence-corrected chi connectivity index (χ4v) is 4.39. The molecule has 1 aliphatic heterocycles. The van der Waals surface area contributed by atoms with E-state index in [1.54, 1.807) is 30.1 Å². The summed E-state index contributed by atoms with van der Waals surface area (Å²) in [5.74, 6) is -0.394. The van der Waals surface area contributed by atoms with Gasteiger partial charge in [-0.05, 0) is 72.0 Å². The van der Waals surface area contributed by atoms with E-state index in [2.05, 4.69) is 32.0 Å². The number of carbonyl (C=O) groups excluding carboxylic acids is 1. The van der Waals surface area contributed by atoms with E-state index in [0.717, 1.165) is 35.2 Å². The third kappa shape index (κ3) is 4.33. The maximum absolute atomic E-state index is 13.6. The zero-order chi connectivity index (χ0) is 22.8. The van der Waals surface area contributed by atoms with Crippen LogP contribution < -0.4 is 4.90 Å². The van der Waals surface area contributed by atoms with Crippen LogP contribution in [-0.2, 0) is 24.1 Å². The molecule has 5 heteroatoms. The van der Waals surface area contributed by atoms with Crippen molar-refractivity contribution in [1.82, 2.24) is 0 Å². The summed E-state index contributed by atoms with van der Waals surface area (Å²) in [5, 5.41) is 0.557. The Kier molecular flexibility index (Phi) is 6.43. The van der Waals surface area contributed by atoms with Crippen LogP contribution in [0.15, 0.2) is 65.7 Å². The van der Waals surface area contributed by atoms with E-state index >= 15 is 0 Å². The van der Waals surface area contributed by atoms with Crippen molar-refractivity contribution >= 4 is 28.9 Å². The topological polar surface area (TPSA) is 32.7 Å². The molecule has 1 heterocycles. The Hall–Kier alpha value is -2.98. The van der Waals surface area contributed by atoms with Crippen molar-refractivity contribution in [2.45, 2.75) is 39.2 Å². The van der Waals surface area contributed by atoms with Crippen LogP contribution in [0.5, 0.6) is 0 Å². The highest BCUT2D eigenvalue weighted by Gasteiger charge is 2.30. The Morgan fingerprint density at radius 1 is 0.969 bits per heavy atom.